The highest BCUT2D eigenvalue weighted by Crippen LogP contribution is 2.37. The lowest BCUT2D eigenvalue weighted by Crippen LogP contribution is -2.35. The molecule has 0 saturated carbocycles. The first-order valence-electron chi connectivity index (χ1n) is 11.6. The largest absolute Gasteiger partial charge is 0.465 e. The summed E-state index contributed by atoms with van der Waals surface area (Å²) in [5.41, 5.74) is 2.98. The van der Waals surface area contributed by atoms with Crippen LogP contribution >= 0.6 is 0 Å². The maximum atomic E-state index is 15.1. The third-order valence-corrected chi connectivity index (χ3v) is 6.02. The minimum Gasteiger partial charge on any atom is -0.465 e. The highest BCUT2D eigenvalue weighted by Gasteiger charge is 2.36. The number of nitrogens with one attached hydrogen (secondary N) is 1. The lowest BCUT2D eigenvalue weighted by atomic mass is 9.90. The Bertz CT molecular complexity index is 1390. The van der Waals surface area contributed by atoms with Crippen molar-refractivity contribution in [3.63, 3.8) is 0 Å². The van der Waals surface area contributed by atoms with Crippen molar-refractivity contribution in [1.82, 2.24) is 4.90 Å². The molecule has 1 N–H and O–H groups in total. The van der Waals surface area contributed by atoms with Crippen LogP contribution in [0.25, 0.3) is 0 Å². The highest BCUT2D eigenvalue weighted by molar-refractivity contribution is 6.24. The van der Waals surface area contributed by atoms with Crippen LogP contribution in [-0.2, 0) is 14.3 Å². The zero-order valence-electron chi connectivity index (χ0n) is 21.0. The van der Waals surface area contributed by atoms with Crippen molar-refractivity contribution in [1.29, 1.82) is 0 Å². The van der Waals surface area contributed by atoms with E-state index in [4.69, 9.17) is 9.73 Å². The predicted octanol–water partition coefficient (Wildman–Crippen LogP) is 3.99. The Morgan fingerprint density at radius 3 is 2.38 bits per heavy atom. The summed E-state index contributed by atoms with van der Waals surface area (Å²) < 4.78 is 19.9. The Balaban J connectivity index is 1.75. The fourth-order valence-electron chi connectivity index (χ4n) is 4.17. The first-order chi connectivity index (χ1) is 17.7. The average Bonchev–Trinajstić information content (AvgIpc) is 3.21. The van der Waals surface area contributed by atoms with Crippen molar-refractivity contribution in [2.24, 2.45) is 4.99 Å². The van der Waals surface area contributed by atoms with Crippen LogP contribution in [0.3, 0.4) is 0 Å². The first kappa shape index (κ1) is 25.7. The molecule has 0 aromatic heterocycles. The number of ether oxygens (including phenoxy) is 1. The molecule has 0 fully saturated rings. The molecular weight excluding hydrogens is 475 g/mol. The highest BCUT2D eigenvalue weighted by atomic mass is 19.1. The number of esters is 1. The smallest absolute Gasteiger partial charge is 0.337 e. The van der Waals surface area contributed by atoms with Crippen LogP contribution in [0.4, 0.5) is 21.5 Å². The number of benzene rings is 3. The third-order valence-electron chi connectivity index (χ3n) is 6.02. The number of amides is 2. The normalized spacial score (nSPS) is 14.8. The van der Waals surface area contributed by atoms with Crippen molar-refractivity contribution in [2.45, 2.75) is 5.92 Å². The standard InChI is InChI=1S/C28H27FN4O4/c1-32(2)16-24(34)33(3)23-13-11-19(15-21(23)29)30-26(17-8-6-5-7-9-17)25-20-12-10-18(28(36)37-4)14-22(20)31-27(25)35/h5-15,25H,16H2,1-4H3,(H,31,35). The average molecular weight is 503 g/mol. The summed E-state index contributed by atoms with van der Waals surface area (Å²) in [7, 11) is 6.33. The molecule has 3 aromatic carbocycles. The van der Waals surface area contributed by atoms with E-state index in [9.17, 15) is 14.4 Å². The minimum absolute atomic E-state index is 0.131. The molecule has 4 rings (SSSR count). The number of anilines is 2. The molecule has 9 heteroatoms. The van der Waals surface area contributed by atoms with Gasteiger partial charge in [-0.3, -0.25) is 14.6 Å². The number of carbonyl (C=O) groups is 3. The summed E-state index contributed by atoms with van der Waals surface area (Å²) in [5, 5.41) is 2.82. The lowest BCUT2D eigenvalue weighted by molar-refractivity contribution is -0.119. The van der Waals surface area contributed by atoms with Crippen LogP contribution in [0.1, 0.15) is 27.4 Å². The number of aliphatic imine (C=N–C) groups is 1. The minimum atomic E-state index is -0.781. The second kappa shape index (κ2) is 10.7. The van der Waals surface area contributed by atoms with E-state index in [-0.39, 0.29) is 24.0 Å². The van der Waals surface area contributed by atoms with Crippen LogP contribution in [-0.4, -0.2) is 63.2 Å². The molecule has 1 unspecified atom stereocenters. The Kier molecular flexibility index (Phi) is 7.45. The van der Waals surface area contributed by atoms with Gasteiger partial charge in [0.25, 0.3) is 0 Å². The number of nitrogens with zero attached hydrogens (tertiary/aromatic N) is 3. The molecule has 37 heavy (non-hydrogen) atoms. The van der Waals surface area contributed by atoms with Gasteiger partial charge in [0.05, 0.1) is 36.3 Å². The molecule has 0 aliphatic carbocycles. The summed E-state index contributed by atoms with van der Waals surface area (Å²) in [6.07, 6.45) is 0. The number of halogens is 1. The van der Waals surface area contributed by atoms with Crippen molar-refractivity contribution in [3.8, 4) is 0 Å². The lowest BCUT2D eigenvalue weighted by Gasteiger charge is -2.20. The van der Waals surface area contributed by atoms with Crippen LogP contribution < -0.4 is 10.2 Å². The van der Waals surface area contributed by atoms with Gasteiger partial charge in [0.15, 0.2) is 0 Å². The summed E-state index contributed by atoms with van der Waals surface area (Å²) in [4.78, 5) is 45.1. The van der Waals surface area contributed by atoms with Gasteiger partial charge in [-0.15, -0.1) is 0 Å². The summed E-state index contributed by atoms with van der Waals surface area (Å²) >= 11 is 0. The van der Waals surface area contributed by atoms with E-state index in [1.54, 1.807) is 43.3 Å². The molecule has 0 spiro atoms. The number of methoxy groups -OCH3 is 1. The van der Waals surface area contributed by atoms with E-state index in [0.717, 1.165) is 0 Å². The molecule has 8 nitrogen and oxygen atoms in total. The molecule has 1 aliphatic heterocycles. The molecule has 1 atom stereocenters. The Labute approximate surface area is 214 Å². The second-order valence-corrected chi connectivity index (χ2v) is 8.91. The van der Waals surface area contributed by atoms with Crippen LogP contribution in [0.5, 0.6) is 0 Å². The topological polar surface area (TPSA) is 91.3 Å². The van der Waals surface area contributed by atoms with Crippen molar-refractivity contribution in [3.05, 3.63) is 89.2 Å². The van der Waals surface area contributed by atoms with E-state index in [1.165, 1.54) is 31.2 Å². The van der Waals surface area contributed by atoms with Crippen LogP contribution in [0, 0.1) is 5.82 Å². The van der Waals surface area contributed by atoms with E-state index in [2.05, 4.69) is 5.32 Å². The quantitative estimate of drug-likeness (QED) is 0.390. The molecular formula is C28H27FN4O4. The number of hydrogen-bond acceptors (Lipinski definition) is 6. The van der Waals surface area contributed by atoms with Gasteiger partial charge in [-0.25, -0.2) is 9.18 Å². The predicted molar refractivity (Wildman–Crippen MR) is 140 cm³/mol. The van der Waals surface area contributed by atoms with E-state index < -0.39 is 17.7 Å². The third kappa shape index (κ3) is 5.41. The van der Waals surface area contributed by atoms with E-state index in [0.29, 0.717) is 33.8 Å². The summed E-state index contributed by atoms with van der Waals surface area (Å²) in [6, 6.07) is 18.3. The number of carbonyl (C=O) groups excluding carboxylic acids is 3. The van der Waals surface area contributed by atoms with Crippen LogP contribution in [0.2, 0.25) is 0 Å². The fraction of sp³-hybridized carbons (Fsp3) is 0.214. The second-order valence-electron chi connectivity index (χ2n) is 8.91. The summed E-state index contributed by atoms with van der Waals surface area (Å²) in [5.74, 6) is -2.47. The molecule has 190 valence electrons. The monoisotopic (exact) mass is 502 g/mol. The molecule has 0 radical (unpaired) electrons. The zero-order chi connectivity index (χ0) is 26.7. The fourth-order valence-corrected chi connectivity index (χ4v) is 4.17. The van der Waals surface area contributed by atoms with Gasteiger partial charge in [-0.2, -0.15) is 0 Å². The zero-order valence-corrected chi connectivity index (χ0v) is 21.0. The molecule has 0 bridgehead atoms. The Hall–Kier alpha value is -4.37. The molecule has 3 aromatic rings. The Morgan fingerprint density at radius 2 is 1.73 bits per heavy atom. The van der Waals surface area contributed by atoms with Crippen molar-refractivity contribution < 1.29 is 23.5 Å². The number of hydrogen-bond donors (Lipinski definition) is 1. The summed E-state index contributed by atoms with van der Waals surface area (Å²) in [6.45, 7) is 0.141. The maximum Gasteiger partial charge on any atom is 0.337 e. The Morgan fingerprint density at radius 1 is 1.00 bits per heavy atom. The first-order valence-corrected chi connectivity index (χ1v) is 11.6. The molecule has 2 amide bonds. The van der Waals surface area contributed by atoms with Crippen molar-refractivity contribution in [2.75, 3.05) is 45.0 Å². The number of fused-ring (bicyclic) bond motifs is 1. The van der Waals surface area contributed by atoms with Crippen molar-refractivity contribution >= 4 is 40.6 Å². The van der Waals surface area contributed by atoms with Gasteiger partial charge < -0.3 is 19.9 Å². The van der Waals surface area contributed by atoms with E-state index >= 15 is 4.39 Å². The molecule has 0 saturated heterocycles. The van der Waals surface area contributed by atoms with E-state index in [1.807, 2.05) is 30.3 Å². The van der Waals surface area contributed by atoms with Gasteiger partial charge in [-0.05, 0) is 49.5 Å². The number of likely N-dealkylation sites (N-methyl/N-ethyl adjacent to an activating group) is 2. The molecule has 1 heterocycles. The van der Waals surface area contributed by atoms with Gasteiger partial charge in [-0.1, -0.05) is 36.4 Å². The SMILES string of the molecule is COC(=O)c1ccc2c(c1)NC(=O)C2C(=Nc1ccc(N(C)C(=O)CN(C)C)c(F)c1)c1ccccc1. The molecule has 1 aliphatic rings. The van der Waals surface area contributed by atoms with Gasteiger partial charge in [0, 0.05) is 18.8 Å². The van der Waals surface area contributed by atoms with Crippen LogP contribution in [0.15, 0.2) is 71.7 Å². The van der Waals surface area contributed by atoms with Gasteiger partial charge >= 0.3 is 5.97 Å². The van der Waals surface area contributed by atoms with Gasteiger partial charge in [0.2, 0.25) is 11.8 Å². The van der Waals surface area contributed by atoms with Gasteiger partial charge in [0.1, 0.15) is 11.7 Å². The number of rotatable bonds is 7. The maximum absolute atomic E-state index is 15.1.